The number of hydrogen-bond donors (Lipinski definition) is 6. The van der Waals surface area contributed by atoms with Crippen molar-refractivity contribution in [1.29, 1.82) is 0 Å². The van der Waals surface area contributed by atoms with E-state index in [9.17, 15) is 29.4 Å². The second-order valence-electron chi connectivity index (χ2n) is 6.59. The van der Waals surface area contributed by atoms with Gasteiger partial charge in [-0.2, -0.15) is 0 Å². The summed E-state index contributed by atoms with van der Waals surface area (Å²) in [5.74, 6) is -3.77. The summed E-state index contributed by atoms with van der Waals surface area (Å²) >= 11 is 0. The van der Waals surface area contributed by atoms with Gasteiger partial charge >= 0.3 is 5.97 Å². The van der Waals surface area contributed by atoms with E-state index in [0.29, 0.717) is 12.8 Å². The molecule has 156 valence electrons. The molecule has 0 saturated heterocycles. The van der Waals surface area contributed by atoms with Crippen molar-refractivity contribution in [1.82, 2.24) is 16.0 Å². The summed E-state index contributed by atoms with van der Waals surface area (Å²) in [7, 11) is 0. The van der Waals surface area contributed by atoms with Crippen LogP contribution < -0.4 is 21.7 Å². The molecule has 0 aliphatic carbocycles. The molecule has 5 unspecified atom stereocenters. The molecule has 0 spiro atoms. The molecule has 0 radical (unpaired) electrons. The van der Waals surface area contributed by atoms with E-state index >= 15 is 0 Å². The van der Waals surface area contributed by atoms with Crippen LogP contribution in [-0.2, 0) is 19.2 Å². The van der Waals surface area contributed by atoms with Crippen molar-refractivity contribution in [3.8, 4) is 0 Å². The van der Waals surface area contributed by atoms with E-state index in [1.807, 2.05) is 6.92 Å². The van der Waals surface area contributed by atoms with Crippen molar-refractivity contribution in [3.05, 3.63) is 0 Å². The van der Waals surface area contributed by atoms with E-state index in [2.05, 4.69) is 16.0 Å². The Hall–Kier alpha value is -2.20. The summed E-state index contributed by atoms with van der Waals surface area (Å²) in [5, 5.41) is 25.9. The standard InChI is InChI=1S/C17H32N4O6/c1-5-9(3)13(20-12(23)7-18)16(25)19-11(8-22)15(24)21-14(17(26)27)10(4)6-2/h9-11,13-14,22H,5-8,18H2,1-4H3,(H,19,25)(H,20,23)(H,21,24)(H,26,27). The van der Waals surface area contributed by atoms with Gasteiger partial charge in [0.05, 0.1) is 13.2 Å². The molecule has 0 aliphatic heterocycles. The fraction of sp³-hybridized carbons (Fsp3) is 0.765. The Bertz CT molecular complexity index is 528. The van der Waals surface area contributed by atoms with E-state index in [-0.39, 0.29) is 18.4 Å². The maximum absolute atomic E-state index is 12.5. The number of nitrogens with one attached hydrogen (secondary N) is 3. The smallest absolute Gasteiger partial charge is 0.326 e. The van der Waals surface area contributed by atoms with E-state index in [1.165, 1.54) is 0 Å². The largest absolute Gasteiger partial charge is 0.480 e. The highest BCUT2D eigenvalue weighted by atomic mass is 16.4. The molecule has 0 aliphatic rings. The number of aliphatic hydroxyl groups is 1. The minimum absolute atomic E-state index is 0.241. The van der Waals surface area contributed by atoms with Crippen molar-refractivity contribution < 1.29 is 29.4 Å². The lowest BCUT2D eigenvalue weighted by atomic mass is 9.97. The summed E-state index contributed by atoms with van der Waals surface area (Å²) in [6.07, 6.45) is 1.10. The molecule has 5 atom stereocenters. The van der Waals surface area contributed by atoms with Crippen LogP contribution in [0.25, 0.3) is 0 Å². The third-order valence-electron chi connectivity index (χ3n) is 4.59. The molecule has 0 aromatic carbocycles. The highest BCUT2D eigenvalue weighted by Crippen LogP contribution is 2.10. The molecule has 0 heterocycles. The van der Waals surface area contributed by atoms with Crippen LogP contribution in [0.15, 0.2) is 0 Å². The Morgan fingerprint density at radius 2 is 1.41 bits per heavy atom. The molecule has 3 amide bonds. The van der Waals surface area contributed by atoms with Gasteiger partial charge < -0.3 is 31.9 Å². The normalized spacial score (nSPS) is 16.4. The van der Waals surface area contributed by atoms with Crippen LogP contribution in [0.5, 0.6) is 0 Å². The van der Waals surface area contributed by atoms with Crippen LogP contribution in [0.4, 0.5) is 0 Å². The highest BCUT2D eigenvalue weighted by Gasteiger charge is 2.32. The predicted molar refractivity (Wildman–Crippen MR) is 98.5 cm³/mol. The number of nitrogens with two attached hydrogens (primary N) is 1. The van der Waals surface area contributed by atoms with Gasteiger partial charge in [-0.15, -0.1) is 0 Å². The Balaban J connectivity index is 5.19. The van der Waals surface area contributed by atoms with E-state index < -0.39 is 48.4 Å². The third-order valence-corrected chi connectivity index (χ3v) is 4.59. The Labute approximate surface area is 159 Å². The Morgan fingerprint density at radius 3 is 1.81 bits per heavy atom. The number of amides is 3. The lowest BCUT2D eigenvalue weighted by Crippen LogP contribution is -2.59. The maximum Gasteiger partial charge on any atom is 0.326 e. The molecule has 0 bridgehead atoms. The van der Waals surface area contributed by atoms with Crippen LogP contribution in [0, 0.1) is 11.8 Å². The van der Waals surface area contributed by atoms with Crippen LogP contribution in [0.2, 0.25) is 0 Å². The summed E-state index contributed by atoms with van der Waals surface area (Å²) in [5.41, 5.74) is 5.26. The summed E-state index contributed by atoms with van der Waals surface area (Å²) in [4.78, 5) is 47.7. The van der Waals surface area contributed by atoms with Crippen LogP contribution in [-0.4, -0.2) is 65.2 Å². The molecular weight excluding hydrogens is 356 g/mol. The lowest BCUT2D eigenvalue weighted by Gasteiger charge is -2.27. The first kappa shape index (κ1) is 24.8. The van der Waals surface area contributed by atoms with E-state index in [0.717, 1.165) is 0 Å². The number of aliphatic carboxylic acids is 1. The van der Waals surface area contributed by atoms with Crippen molar-refractivity contribution in [3.63, 3.8) is 0 Å². The van der Waals surface area contributed by atoms with Gasteiger partial charge in [-0.1, -0.05) is 40.5 Å². The fourth-order valence-corrected chi connectivity index (χ4v) is 2.33. The van der Waals surface area contributed by atoms with Gasteiger partial charge in [-0.25, -0.2) is 4.79 Å². The number of aliphatic hydroxyl groups excluding tert-OH is 1. The van der Waals surface area contributed by atoms with E-state index in [4.69, 9.17) is 5.73 Å². The predicted octanol–water partition coefficient (Wildman–Crippen LogP) is -1.43. The van der Waals surface area contributed by atoms with Gasteiger partial charge in [0, 0.05) is 0 Å². The number of carbonyl (C=O) groups excluding carboxylic acids is 3. The summed E-state index contributed by atoms with van der Waals surface area (Å²) < 4.78 is 0. The molecular formula is C17H32N4O6. The molecule has 0 rings (SSSR count). The zero-order valence-corrected chi connectivity index (χ0v) is 16.3. The molecule has 10 nitrogen and oxygen atoms in total. The number of carboxylic acids is 1. The number of hydrogen-bond acceptors (Lipinski definition) is 6. The number of carbonyl (C=O) groups is 4. The second-order valence-corrected chi connectivity index (χ2v) is 6.59. The Morgan fingerprint density at radius 1 is 0.889 bits per heavy atom. The number of carboxylic acid groups (broad SMARTS) is 1. The first-order valence-electron chi connectivity index (χ1n) is 9.06. The van der Waals surface area contributed by atoms with Gasteiger partial charge in [-0.05, 0) is 11.8 Å². The molecule has 0 fully saturated rings. The van der Waals surface area contributed by atoms with Crippen LogP contribution >= 0.6 is 0 Å². The summed E-state index contributed by atoms with van der Waals surface area (Å²) in [6, 6.07) is -3.42. The lowest BCUT2D eigenvalue weighted by molar-refractivity contribution is -0.144. The van der Waals surface area contributed by atoms with Gasteiger partial charge in [0.2, 0.25) is 17.7 Å². The van der Waals surface area contributed by atoms with Crippen molar-refractivity contribution in [2.75, 3.05) is 13.2 Å². The minimum atomic E-state index is -1.34. The molecule has 0 aromatic rings. The Kier molecular flexibility index (Phi) is 11.2. The average Bonchev–Trinajstić information content (AvgIpc) is 2.65. The zero-order chi connectivity index (χ0) is 21.1. The average molecular weight is 388 g/mol. The number of rotatable bonds is 12. The van der Waals surface area contributed by atoms with Crippen LogP contribution in [0.3, 0.4) is 0 Å². The van der Waals surface area contributed by atoms with Crippen molar-refractivity contribution in [2.24, 2.45) is 17.6 Å². The fourth-order valence-electron chi connectivity index (χ4n) is 2.33. The monoisotopic (exact) mass is 388 g/mol. The quantitative estimate of drug-likeness (QED) is 0.238. The zero-order valence-electron chi connectivity index (χ0n) is 16.3. The molecule has 0 saturated carbocycles. The topological polar surface area (TPSA) is 171 Å². The van der Waals surface area contributed by atoms with Crippen LogP contribution in [0.1, 0.15) is 40.5 Å². The van der Waals surface area contributed by atoms with Gasteiger partial charge in [0.15, 0.2) is 0 Å². The first-order chi connectivity index (χ1) is 12.6. The second kappa shape index (κ2) is 12.2. The molecule has 10 heteroatoms. The molecule has 0 aromatic heterocycles. The van der Waals surface area contributed by atoms with Crippen molar-refractivity contribution >= 4 is 23.7 Å². The third kappa shape index (κ3) is 7.92. The van der Waals surface area contributed by atoms with Gasteiger partial charge in [0.1, 0.15) is 18.1 Å². The van der Waals surface area contributed by atoms with Gasteiger partial charge in [0.25, 0.3) is 0 Å². The molecule has 7 N–H and O–H groups in total. The van der Waals surface area contributed by atoms with E-state index in [1.54, 1.807) is 20.8 Å². The van der Waals surface area contributed by atoms with Gasteiger partial charge in [-0.3, -0.25) is 14.4 Å². The minimum Gasteiger partial charge on any atom is -0.480 e. The molecule has 27 heavy (non-hydrogen) atoms. The van der Waals surface area contributed by atoms with Crippen molar-refractivity contribution in [2.45, 2.75) is 58.7 Å². The highest BCUT2D eigenvalue weighted by molar-refractivity contribution is 5.93. The first-order valence-corrected chi connectivity index (χ1v) is 9.06. The summed E-state index contributed by atoms with van der Waals surface area (Å²) in [6.45, 7) is 6.03. The maximum atomic E-state index is 12.5. The SMILES string of the molecule is CCC(C)C(NC(=O)C(CO)NC(=O)C(NC(=O)CN)C(C)CC)C(=O)O.